The van der Waals surface area contributed by atoms with Crippen molar-refractivity contribution < 1.29 is 33.4 Å². The Labute approximate surface area is 190 Å². The number of unbranched alkanes of at least 4 members (excludes halogenated alkanes) is 1. The molecule has 1 aromatic rings. The van der Waals surface area contributed by atoms with Crippen molar-refractivity contribution in [1.29, 1.82) is 0 Å². The van der Waals surface area contributed by atoms with Gasteiger partial charge in [0.1, 0.15) is 18.2 Å². The van der Waals surface area contributed by atoms with E-state index in [0.717, 1.165) is 12.0 Å². The first-order valence-corrected chi connectivity index (χ1v) is 10.8. The molecule has 0 fully saturated rings. The van der Waals surface area contributed by atoms with Gasteiger partial charge in [-0.05, 0) is 32.8 Å². The number of hydrogen-bond donors (Lipinski definition) is 1. The largest absolute Gasteiger partial charge is 0.467 e. The van der Waals surface area contributed by atoms with Crippen LogP contribution in [0.2, 0.25) is 0 Å². The van der Waals surface area contributed by atoms with Crippen LogP contribution >= 0.6 is 0 Å². The molecular formula is C24H35NO7. The highest BCUT2D eigenvalue weighted by atomic mass is 16.6. The van der Waals surface area contributed by atoms with Crippen molar-refractivity contribution in [2.45, 2.75) is 78.0 Å². The van der Waals surface area contributed by atoms with Crippen molar-refractivity contribution in [3.8, 4) is 0 Å². The average molecular weight is 450 g/mol. The van der Waals surface area contributed by atoms with Crippen LogP contribution in [0.15, 0.2) is 30.3 Å². The minimum Gasteiger partial charge on any atom is -0.467 e. The molecule has 1 aromatic carbocycles. The van der Waals surface area contributed by atoms with Crippen molar-refractivity contribution in [3.63, 3.8) is 0 Å². The van der Waals surface area contributed by atoms with E-state index in [9.17, 15) is 19.2 Å². The molecule has 1 amide bonds. The fraction of sp³-hybridized carbons (Fsp3) is 0.583. The molecule has 8 heteroatoms. The van der Waals surface area contributed by atoms with Crippen LogP contribution in [0.25, 0.3) is 0 Å². The van der Waals surface area contributed by atoms with E-state index in [1.165, 1.54) is 7.11 Å². The lowest BCUT2D eigenvalue weighted by atomic mass is 9.99. The lowest BCUT2D eigenvalue weighted by Gasteiger charge is -2.23. The highest BCUT2D eigenvalue weighted by Crippen LogP contribution is 2.17. The number of amides is 1. The molecule has 32 heavy (non-hydrogen) atoms. The van der Waals surface area contributed by atoms with Crippen molar-refractivity contribution in [2.24, 2.45) is 5.92 Å². The SMILES string of the molecule is CCCC[C@H](NC(=O)C(CC(=O)OCc1ccccc1)CC(=O)OC(C)(C)C)C(=O)OC. The highest BCUT2D eigenvalue weighted by Gasteiger charge is 2.31. The molecule has 0 bridgehead atoms. The fourth-order valence-corrected chi connectivity index (χ4v) is 2.93. The van der Waals surface area contributed by atoms with Gasteiger partial charge in [0.05, 0.1) is 25.9 Å². The van der Waals surface area contributed by atoms with Gasteiger partial charge in [-0.2, -0.15) is 0 Å². The van der Waals surface area contributed by atoms with Crippen molar-refractivity contribution in [1.82, 2.24) is 5.32 Å². The van der Waals surface area contributed by atoms with E-state index in [2.05, 4.69) is 5.32 Å². The molecule has 0 heterocycles. The number of ether oxygens (including phenoxy) is 3. The maximum Gasteiger partial charge on any atom is 0.328 e. The minimum atomic E-state index is -1.04. The number of carbonyl (C=O) groups is 4. The smallest absolute Gasteiger partial charge is 0.328 e. The zero-order valence-electron chi connectivity index (χ0n) is 19.6. The van der Waals surface area contributed by atoms with Crippen LogP contribution in [-0.4, -0.2) is 42.6 Å². The van der Waals surface area contributed by atoms with Gasteiger partial charge in [-0.25, -0.2) is 4.79 Å². The molecule has 0 radical (unpaired) electrons. The predicted molar refractivity (Wildman–Crippen MR) is 118 cm³/mol. The van der Waals surface area contributed by atoms with Gasteiger partial charge >= 0.3 is 17.9 Å². The van der Waals surface area contributed by atoms with Gasteiger partial charge in [-0.15, -0.1) is 0 Å². The van der Waals surface area contributed by atoms with Crippen LogP contribution in [0.5, 0.6) is 0 Å². The van der Waals surface area contributed by atoms with E-state index >= 15 is 0 Å². The van der Waals surface area contributed by atoms with Crippen molar-refractivity contribution in [3.05, 3.63) is 35.9 Å². The molecule has 0 aliphatic rings. The lowest BCUT2D eigenvalue weighted by molar-refractivity contribution is -0.158. The van der Waals surface area contributed by atoms with Gasteiger partial charge in [0.25, 0.3) is 0 Å². The summed E-state index contributed by atoms with van der Waals surface area (Å²) >= 11 is 0. The number of nitrogens with one attached hydrogen (secondary N) is 1. The highest BCUT2D eigenvalue weighted by molar-refractivity contribution is 5.90. The van der Waals surface area contributed by atoms with Crippen molar-refractivity contribution in [2.75, 3.05) is 7.11 Å². The van der Waals surface area contributed by atoms with Gasteiger partial charge in [0, 0.05) is 0 Å². The number of hydrogen-bond acceptors (Lipinski definition) is 7. The number of esters is 3. The molecule has 0 spiro atoms. The van der Waals surface area contributed by atoms with Gasteiger partial charge < -0.3 is 19.5 Å². The predicted octanol–water partition coefficient (Wildman–Crippen LogP) is 3.32. The summed E-state index contributed by atoms with van der Waals surface area (Å²) in [7, 11) is 1.24. The fourth-order valence-electron chi connectivity index (χ4n) is 2.93. The third kappa shape index (κ3) is 10.9. The second-order valence-electron chi connectivity index (χ2n) is 8.56. The average Bonchev–Trinajstić information content (AvgIpc) is 2.73. The zero-order valence-corrected chi connectivity index (χ0v) is 19.6. The van der Waals surface area contributed by atoms with E-state index in [0.29, 0.717) is 12.8 Å². The second kappa shape index (κ2) is 13.5. The number of carbonyl (C=O) groups excluding carboxylic acids is 4. The summed E-state index contributed by atoms with van der Waals surface area (Å²) in [5.41, 5.74) is 0.0704. The summed E-state index contributed by atoms with van der Waals surface area (Å²) < 4.78 is 15.3. The summed E-state index contributed by atoms with van der Waals surface area (Å²) in [5.74, 6) is -3.45. The van der Waals surface area contributed by atoms with E-state index < -0.39 is 41.4 Å². The van der Waals surface area contributed by atoms with Crippen molar-refractivity contribution >= 4 is 23.8 Å². The van der Waals surface area contributed by atoms with Gasteiger partial charge in [-0.1, -0.05) is 50.1 Å². The molecule has 1 N–H and O–H groups in total. The third-order valence-electron chi connectivity index (χ3n) is 4.51. The Balaban J connectivity index is 2.87. The number of rotatable bonds is 12. The summed E-state index contributed by atoms with van der Waals surface area (Å²) in [6.07, 6.45) is 1.30. The quantitative estimate of drug-likeness (QED) is 0.385. The Hall–Kier alpha value is -2.90. The van der Waals surface area contributed by atoms with E-state index in [-0.39, 0.29) is 19.4 Å². The Morgan fingerprint density at radius 2 is 1.62 bits per heavy atom. The lowest BCUT2D eigenvalue weighted by Crippen LogP contribution is -2.45. The van der Waals surface area contributed by atoms with Crippen LogP contribution in [-0.2, 0) is 40.0 Å². The first-order chi connectivity index (χ1) is 15.1. The summed E-state index contributed by atoms with van der Waals surface area (Å²) in [4.78, 5) is 49.7. The minimum absolute atomic E-state index is 0.0573. The molecule has 8 nitrogen and oxygen atoms in total. The van der Waals surface area contributed by atoms with E-state index in [4.69, 9.17) is 14.2 Å². The molecule has 0 aliphatic carbocycles. The zero-order chi connectivity index (χ0) is 24.1. The molecule has 178 valence electrons. The molecular weight excluding hydrogens is 414 g/mol. The normalized spacial score (nSPS) is 12.9. The maximum atomic E-state index is 12.9. The summed E-state index contributed by atoms with van der Waals surface area (Å²) in [6.45, 7) is 7.16. The Kier molecular flexibility index (Phi) is 11.4. The third-order valence-corrected chi connectivity index (χ3v) is 4.51. The molecule has 0 aromatic heterocycles. The molecule has 0 saturated carbocycles. The number of benzene rings is 1. The monoisotopic (exact) mass is 449 g/mol. The summed E-state index contributed by atoms with van der Waals surface area (Å²) in [5, 5.41) is 2.62. The second-order valence-corrected chi connectivity index (χ2v) is 8.56. The van der Waals surface area contributed by atoms with Gasteiger partial charge in [0.15, 0.2) is 0 Å². The van der Waals surface area contributed by atoms with E-state index in [1.807, 2.05) is 37.3 Å². The Morgan fingerprint density at radius 3 is 2.19 bits per heavy atom. The van der Waals surface area contributed by atoms with Crippen LogP contribution in [0.1, 0.15) is 65.4 Å². The van der Waals surface area contributed by atoms with Gasteiger partial charge in [0.2, 0.25) is 5.91 Å². The molecule has 1 rings (SSSR count). The topological polar surface area (TPSA) is 108 Å². The summed E-state index contributed by atoms with van der Waals surface area (Å²) in [6, 6.07) is 8.27. The molecule has 1 unspecified atom stereocenters. The first kappa shape index (κ1) is 27.1. The van der Waals surface area contributed by atoms with Crippen LogP contribution in [0, 0.1) is 5.92 Å². The molecule has 0 saturated heterocycles. The van der Waals surface area contributed by atoms with Crippen LogP contribution < -0.4 is 5.32 Å². The van der Waals surface area contributed by atoms with Gasteiger partial charge in [-0.3, -0.25) is 14.4 Å². The van der Waals surface area contributed by atoms with Crippen LogP contribution in [0.3, 0.4) is 0 Å². The van der Waals surface area contributed by atoms with Crippen LogP contribution in [0.4, 0.5) is 0 Å². The van der Waals surface area contributed by atoms with E-state index in [1.54, 1.807) is 20.8 Å². The molecule has 0 aliphatic heterocycles. The molecule has 2 atom stereocenters. The Bertz CT molecular complexity index is 755. The first-order valence-electron chi connectivity index (χ1n) is 10.8. The standard InChI is InChI=1S/C24H35NO7/c1-6-7-13-19(23(29)30-5)25-22(28)18(15-21(27)32-24(2,3)4)14-20(26)31-16-17-11-9-8-10-12-17/h8-12,18-19H,6-7,13-16H2,1-5H3,(H,25,28)/t18?,19-/m0/s1. The Morgan fingerprint density at radius 1 is 1.00 bits per heavy atom. The maximum absolute atomic E-state index is 12.9. The number of methoxy groups -OCH3 is 1.